The zero-order chi connectivity index (χ0) is 14.1. The van der Waals surface area contributed by atoms with Gasteiger partial charge in [0.1, 0.15) is 11.9 Å². The number of rotatable bonds is 3. The van der Waals surface area contributed by atoms with Gasteiger partial charge in [-0.25, -0.2) is 0 Å². The van der Waals surface area contributed by atoms with E-state index in [1.807, 2.05) is 6.07 Å². The molecule has 4 nitrogen and oxygen atoms in total. The fourth-order valence-corrected chi connectivity index (χ4v) is 3.49. The van der Waals surface area contributed by atoms with Gasteiger partial charge in [-0.2, -0.15) is 0 Å². The molecule has 1 heterocycles. The molecule has 0 radical (unpaired) electrons. The van der Waals surface area contributed by atoms with Gasteiger partial charge in [0.15, 0.2) is 6.29 Å². The Morgan fingerprint density at radius 2 is 2.30 bits per heavy atom. The largest absolute Gasteiger partial charge is 0.497 e. The number of hydrogen-bond acceptors (Lipinski definition) is 4. The molecule has 3 rings (SSSR count). The van der Waals surface area contributed by atoms with Crippen molar-refractivity contribution in [2.75, 3.05) is 20.2 Å². The van der Waals surface area contributed by atoms with Gasteiger partial charge in [-0.15, -0.1) is 0 Å². The number of β-amino-alcohol motifs (C(OH)–C–C–N with tert-alkyl or cyclic N) is 1. The second-order valence-corrected chi connectivity index (χ2v) is 5.68. The summed E-state index contributed by atoms with van der Waals surface area (Å²) in [5, 5.41) is 10.0. The number of aliphatic hydroxyl groups is 1. The maximum absolute atomic E-state index is 10.0. The average Bonchev–Trinajstić information content (AvgIpc) is 2.46. The van der Waals surface area contributed by atoms with Crippen molar-refractivity contribution in [3.8, 4) is 5.75 Å². The third kappa shape index (κ3) is 2.43. The van der Waals surface area contributed by atoms with E-state index in [0.29, 0.717) is 12.6 Å². The maximum Gasteiger partial charge on any atom is 0.168 e. The molecule has 2 aliphatic rings. The molecule has 0 saturated carbocycles. The molecule has 20 heavy (non-hydrogen) atoms. The van der Waals surface area contributed by atoms with Crippen LogP contribution in [0, 0.1) is 0 Å². The molecule has 1 aliphatic heterocycles. The SMILES string of the molecule is CCCN1CC(O)OC2c3cc(OC)ccc3CCC21. The third-order valence-electron chi connectivity index (χ3n) is 4.39. The van der Waals surface area contributed by atoms with Gasteiger partial charge in [0.2, 0.25) is 0 Å². The lowest BCUT2D eigenvalue weighted by atomic mass is 9.84. The number of fused-ring (bicyclic) bond motifs is 3. The van der Waals surface area contributed by atoms with Crippen LogP contribution < -0.4 is 4.74 Å². The van der Waals surface area contributed by atoms with Crippen molar-refractivity contribution in [1.29, 1.82) is 0 Å². The summed E-state index contributed by atoms with van der Waals surface area (Å²) in [6.45, 7) is 3.81. The van der Waals surface area contributed by atoms with E-state index in [1.165, 1.54) is 11.1 Å². The Labute approximate surface area is 120 Å². The molecule has 0 spiro atoms. The highest BCUT2D eigenvalue weighted by Gasteiger charge is 2.40. The van der Waals surface area contributed by atoms with Crippen LogP contribution in [0.2, 0.25) is 0 Å². The normalized spacial score (nSPS) is 29.6. The maximum atomic E-state index is 10.0. The van der Waals surface area contributed by atoms with Crippen molar-refractivity contribution in [3.05, 3.63) is 29.3 Å². The Bertz CT molecular complexity index is 477. The fourth-order valence-electron chi connectivity index (χ4n) is 3.49. The second kappa shape index (κ2) is 5.72. The number of aliphatic hydroxyl groups excluding tert-OH is 1. The van der Waals surface area contributed by atoms with Crippen LogP contribution >= 0.6 is 0 Å². The van der Waals surface area contributed by atoms with E-state index in [-0.39, 0.29) is 6.10 Å². The summed E-state index contributed by atoms with van der Waals surface area (Å²) in [6.07, 6.45) is 2.53. The summed E-state index contributed by atoms with van der Waals surface area (Å²) in [5.41, 5.74) is 2.50. The number of methoxy groups -OCH3 is 1. The first-order valence-corrected chi connectivity index (χ1v) is 7.47. The molecule has 110 valence electrons. The van der Waals surface area contributed by atoms with E-state index in [9.17, 15) is 5.11 Å². The van der Waals surface area contributed by atoms with Gasteiger partial charge in [-0.1, -0.05) is 13.0 Å². The van der Waals surface area contributed by atoms with Crippen LogP contribution in [0.3, 0.4) is 0 Å². The lowest BCUT2D eigenvalue weighted by Crippen LogP contribution is -2.52. The Morgan fingerprint density at radius 1 is 1.45 bits per heavy atom. The highest BCUT2D eigenvalue weighted by molar-refractivity contribution is 5.40. The van der Waals surface area contributed by atoms with E-state index in [0.717, 1.165) is 31.6 Å². The molecule has 1 aromatic carbocycles. The van der Waals surface area contributed by atoms with E-state index in [1.54, 1.807) is 7.11 Å². The van der Waals surface area contributed by atoms with E-state index in [4.69, 9.17) is 9.47 Å². The van der Waals surface area contributed by atoms with Crippen molar-refractivity contribution < 1.29 is 14.6 Å². The molecular weight excluding hydrogens is 254 g/mol. The van der Waals surface area contributed by atoms with Crippen molar-refractivity contribution in [3.63, 3.8) is 0 Å². The van der Waals surface area contributed by atoms with Gasteiger partial charge in [-0.05, 0) is 49.1 Å². The smallest absolute Gasteiger partial charge is 0.168 e. The summed E-state index contributed by atoms with van der Waals surface area (Å²) >= 11 is 0. The lowest BCUT2D eigenvalue weighted by molar-refractivity contribution is -0.210. The molecule has 1 saturated heterocycles. The van der Waals surface area contributed by atoms with Crippen molar-refractivity contribution >= 4 is 0 Å². The minimum atomic E-state index is -0.694. The van der Waals surface area contributed by atoms with Gasteiger partial charge >= 0.3 is 0 Å². The molecule has 3 atom stereocenters. The summed E-state index contributed by atoms with van der Waals surface area (Å²) in [4.78, 5) is 2.38. The first-order valence-electron chi connectivity index (χ1n) is 7.47. The average molecular weight is 277 g/mol. The standard InChI is InChI=1S/C16H23NO3/c1-3-8-17-10-15(18)20-16-13-9-12(19-2)6-4-11(13)5-7-14(16)17/h4,6,9,14-16,18H,3,5,7-8,10H2,1-2H3. The summed E-state index contributed by atoms with van der Waals surface area (Å²) < 4.78 is 11.2. The molecule has 0 aromatic heterocycles. The molecule has 1 aliphatic carbocycles. The van der Waals surface area contributed by atoms with Crippen LogP contribution in [0.15, 0.2) is 18.2 Å². The van der Waals surface area contributed by atoms with Crippen LogP contribution in [0.4, 0.5) is 0 Å². The number of benzene rings is 1. The van der Waals surface area contributed by atoms with Crippen LogP contribution in [0.1, 0.15) is 37.0 Å². The number of nitrogens with zero attached hydrogens (tertiary/aromatic N) is 1. The molecular formula is C16H23NO3. The molecule has 4 heteroatoms. The summed E-state index contributed by atoms with van der Waals surface area (Å²) in [7, 11) is 1.68. The van der Waals surface area contributed by atoms with Gasteiger partial charge in [0.05, 0.1) is 7.11 Å². The Hall–Kier alpha value is -1.10. The van der Waals surface area contributed by atoms with Gasteiger partial charge < -0.3 is 14.6 Å². The topological polar surface area (TPSA) is 41.9 Å². The van der Waals surface area contributed by atoms with Crippen molar-refractivity contribution in [1.82, 2.24) is 4.90 Å². The predicted octanol–water partition coefficient (Wildman–Crippen LogP) is 2.11. The number of aryl methyl sites for hydroxylation is 1. The predicted molar refractivity (Wildman–Crippen MR) is 76.8 cm³/mol. The van der Waals surface area contributed by atoms with Crippen molar-refractivity contribution in [2.45, 2.75) is 44.6 Å². The first-order chi connectivity index (χ1) is 9.72. The quantitative estimate of drug-likeness (QED) is 0.919. The molecule has 0 amide bonds. The number of ether oxygens (including phenoxy) is 2. The van der Waals surface area contributed by atoms with E-state index in [2.05, 4.69) is 24.0 Å². The highest BCUT2D eigenvalue weighted by atomic mass is 16.6. The molecule has 1 aromatic rings. The number of morpholine rings is 1. The molecule has 0 bridgehead atoms. The van der Waals surface area contributed by atoms with Crippen molar-refractivity contribution in [2.24, 2.45) is 0 Å². The van der Waals surface area contributed by atoms with Gasteiger partial charge in [0, 0.05) is 12.6 Å². The molecule has 1 fully saturated rings. The second-order valence-electron chi connectivity index (χ2n) is 5.68. The third-order valence-corrected chi connectivity index (χ3v) is 4.39. The van der Waals surface area contributed by atoms with Gasteiger partial charge in [-0.3, -0.25) is 4.90 Å². The van der Waals surface area contributed by atoms with E-state index >= 15 is 0 Å². The first kappa shape index (κ1) is 13.9. The Morgan fingerprint density at radius 3 is 3.05 bits per heavy atom. The zero-order valence-electron chi connectivity index (χ0n) is 12.2. The molecule has 1 N–H and O–H groups in total. The Balaban J connectivity index is 1.93. The monoisotopic (exact) mass is 277 g/mol. The highest BCUT2D eigenvalue weighted by Crippen LogP contribution is 2.40. The van der Waals surface area contributed by atoms with Crippen LogP contribution in [-0.4, -0.2) is 42.5 Å². The zero-order valence-corrected chi connectivity index (χ0v) is 12.2. The van der Waals surface area contributed by atoms with Crippen LogP contribution in [-0.2, 0) is 11.2 Å². The van der Waals surface area contributed by atoms with E-state index < -0.39 is 6.29 Å². The fraction of sp³-hybridized carbons (Fsp3) is 0.625. The van der Waals surface area contributed by atoms with Crippen LogP contribution in [0.25, 0.3) is 0 Å². The summed E-state index contributed by atoms with van der Waals surface area (Å²) in [5.74, 6) is 0.857. The Kier molecular flexibility index (Phi) is 3.96. The minimum absolute atomic E-state index is 0.0378. The minimum Gasteiger partial charge on any atom is -0.497 e. The van der Waals surface area contributed by atoms with Gasteiger partial charge in [0.25, 0.3) is 0 Å². The van der Waals surface area contributed by atoms with Crippen LogP contribution in [0.5, 0.6) is 5.75 Å². The molecule has 3 unspecified atom stereocenters. The summed E-state index contributed by atoms with van der Waals surface area (Å²) in [6, 6.07) is 6.56. The number of hydrogen-bond donors (Lipinski definition) is 1. The lowest BCUT2D eigenvalue weighted by Gasteiger charge is -2.46.